The van der Waals surface area contributed by atoms with Gasteiger partial charge in [-0.1, -0.05) is 106 Å². The van der Waals surface area contributed by atoms with Crippen molar-refractivity contribution >= 4 is 5.97 Å². The normalized spacial score (nSPS) is 16.6. The Morgan fingerprint density at radius 2 is 1.25 bits per heavy atom. The van der Waals surface area contributed by atoms with Crippen LogP contribution in [0, 0.1) is 16.7 Å². The molecule has 0 aliphatic heterocycles. The molecule has 0 amide bonds. The third-order valence-electron chi connectivity index (χ3n) is 5.00. The lowest BCUT2D eigenvalue weighted by atomic mass is 9.76. The molecule has 0 saturated heterocycles. The molecule has 0 aromatic carbocycles. The first-order valence-electron chi connectivity index (χ1n) is 12.1. The van der Waals surface area contributed by atoms with Crippen molar-refractivity contribution in [3.8, 4) is 0 Å². The quantitative estimate of drug-likeness (QED) is 0.332. The van der Waals surface area contributed by atoms with Gasteiger partial charge in [0, 0.05) is 5.48 Å². The van der Waals surface area contributed by atoms with Crippen LogP contribution < -0.4 is 0 Å². The smallest absolute Gasteiger partial charge is 0.306 e. The molecule has 0 bridgehead atoms. The summed E-state index contributed by atoms with van der Waals surface area (Å²) in [6.45, 7) is 5.71. The van der Waals surface area contributed by atoms with Crippen molar-refractivity contribution in [3.05, 3.63) is 0 Å². The Bertz CT molecular complexity index is 423. The highest BCUT2D eigenvalue weighted by Gasteiger charge is 2.30. The first-order valence-corrected chi connectivity index (χ1v) is 9.83. The van der Waals surface area contributed by atoms with Gasteiger partial charge < -0.3 is 5.11 Å². The van der Waals surface area contributed by atoms with E-state index in [9.17, 15) is 9.90 Å². The third-order valence-corrected chi connectivity index (χ3v) is 5.00. The molecule has 144 valence electrons. The summed E-state index contributed by atoms with van der Waals surface area (Å²) in [6, 6.07) is 0. The van der Waals surface area contributed by atoms with E-state index in [1.807, 2.05) is 27.7 Å². The zero-order chi connectivity index (χ0) is 21.8. The van der Waals surface area contributed by atoms with Crippen LogP contribution in [-0.4, -0.2) is 11.1 Å². The highest BCUT2D eigenvalue weighted by Crippen LogP contribution is 2.33. The van der Waals surface area contributed by atoms with Gasteiger partial charge in [0.25, 0.3) is 0 Å². The molecule has 1 atom stereocenters. The first-order chi connectivity index (χ1) is 12.9. The van der Waals surface area contributed by atoms with Gasteiger partial charge in [0.2, 0.25) is 0 Å². The molecule has 0 aliphatic rings. The van der Waals surface area contributed by atoms with Crippen LogP contribution in [0.5, 0.6) is 0 Å². The van der Waals surface area contributed by atoms with Crippen molar-refractivity contribution < 1.29 is 15.4 Å². The van der Waals surface area contributed by atoms with Gasteiger partial charge in [-0.15, -0.1) is 0 Å². The SMILES string of the molecule is [2H]C([2H])C(C(=O)O)C(C)(C)CCCCCCCCCCCCC(C)(C)C([2H])[2H]. The first kappa shape index (κ1) is 16.9. The maximum Gasteiger partial charge on any atom is 0.306 e. The van der Waals surface area contributed by atoms with E-state index in [0.29, 0.717) is 0 Å². The zero-order valence-corrected chi connectivity index (χ0v) is 16.6. The van der Waals surface area contributed by atoms with Crippen molar-refractivity contribution in [3.63, 3.8) is 0 Å². The summed E-state index contributed by atoms with van der Waals surface area (Å²) < 4.78 is 30.1. The van der Waals surface area contributed by atoms with Gasteiger partial charge in [0.05, 0.1) is 5.92 Å². The Labute approximate surface area is 157 Å². The van der Waals surface area contributed by atoms with Crippen LogP contribution in [0.4, 0.5) is 0 Å². The van der Waals surface area contributed by atoms with Crippen LogP contribution in [0.15, 0.2) is 0 Å². The second-order valence-corrected chi connectivity index (χ2v) is 8.83. The number of hydrogen-bond donors (Lipinski definition) is 1. The van der Waals surface area contributed by atoms with E-state index in [1.54, 1.807) is 0 Å². The summed E-state index contributed by atoms with van der Waals surface area (Å²) in [5, 5.41) is 9.26. The van der Waals surface area contributed by atoms with Crippen LogP contribution in [0.2, 0.25) is 0 Å². The average Bonchev–Trinajstić information content (AvgIpc) is 2.54. The molecule has 0 saturated carbocycles. The third kappa shape index (κ3) is 12.8. The van der Waals surface area contributed by atoms with Crippen LogP contribution in [0.1, 0.15) is 124 Å². The van der Waals surface area contributed by atoms with E-state index in [1.165, 1.54) is 44.9 Å². The van der Waals surface area contributed by atoms with E-state index in [-0.39, 0.29) is 5.41 Å². The van der Waals surface area contributed by atoms with Crippen LogP contribution >= 0.6 is 0 Å². The maximum atomic E-state index is 11.3. The number of rotatable bonds is 14. The number of carboxylic acid groups (broad SMARTS) is 1. The molecule has 0 aromatic heterocycles. The highest BCUT2D eigenvalue weighted by molar-refractivity contribution is 5.70. The Hall–Kier alpha value is -0.530. The van der Waals surface area contributed by atoms with Crippen molar-refractivity contribution in [1.82, 2.24) is 0 Å². The summed E-state index contributed by atoms with van der Waals surface area (Å²) >= 11 is 0. The van der Waals surface area contributed by atoms with E-state index in [4.69, 9.17) is 5.48 Å². The predicted octanol–water partition coefficient (Wildman–Crippen LogP) is 7.46. The van der Waals surface area contributed by atoms with E-state index >= 15 is 0 Å². The van der Waals surface area contributed by atoms with E-state index in [0.717, 1.165) is 32.1 Å². The van der Waals surface area contributed by atoms with Gasteiger partial charge in [-0.05, 0) is 23.7 Å². The van der Waals surface area contributed by atoms with Gasteiger partial charge in [-0.2, -0.15) is 0 Å². The standard InChI is InChI=1S/C22H44O2/c1-19(20(23)24)22(5,6)18-16-14-12-10-8-7-9-11-13-15-17-21(2,3)4/h19H,7-18H2,1-6H3,(H,23,24)/i1D2,2D2. The molecule has 0 radical (unpaired) electrons. The molecular formula is C22H44O2. The monoisotopic (exact) mass is 344 g/mol. The minimum atomic E-state index is -1.32. The summed E-state index contributed by atoms with van der Waals surface area (Å²) in [4.78, 5) is 11.3. The molecule has 0 fully saturated rings. The Morgan fingerprint density at radius 1 is 0.833 bits per heavy atom. The lowest BCUT2D eigenvalue weighted by molar-refractivity contribution is -0.145. The average molecular weight is 345 g/mol. The number of unbranched alkanes of at least 4 members (excludes halogenated alkanes) is 9. The summed E-state index contributed by atoms with van der Waals surface area (Å²) in [5.74, 6) is -1.95. The molecule has 2 nitrogen and oxygen atoms in total. The molecular weight excluding hydrogens is 296 g/mol. The predicted molar refractivity (Wildman–Crippen MR) is 105 cm³/mol. The topological polar surface area (TPSA) is 37.3 Å². The summed E-state index contributed by atoms with van der Waals surface area (Å²) in [7, 11) is 0. The van der Waals surface area contributed by atoms with Crippen molar-refractivity contribution in [2.45, 2.75) is 118 Å². The maximum absolute atomic E-state index is 11.3. The fraction of sp³-hybridized carbons (Fsp3) is 0.955. The van der Waals surface area contributed by atoms with Gasteiger partial charge in [0.15, 0.2) is 0 Å². The highest BCUT2D eigenvalue weighted by atomic mass is 16.4. The number of aliphatic carboxylic acids is 1. The fourth-order valence-electron chi connectivity index (χ4n) is 3.07. The van der Waals surface area contributed by atoms with E-state index in [2.05, 4.69) is 0 Å². The largest absolute Gasteiger partial charge is 0.481 e. The van der Waals surface area contributed by atoms with Gasteiger partial charge >= 0.3 is 5.97 Å². The molecule has 0 spiro atoms. The Balaban J connectivity index is 3.66. The van der Waals surface area contributed by atoms with Crippen LogP contribution in [0.3, 0.4) is 0 Å². The zero-order valence-electron chi connectivity index (χ0n) is 20.6. The minimum Gasteiger partial charge on any atom is -0.481 e. The Kier molecular flexibility index (Phi) is 8.40. The number of carbonyl (C=O) groups is 1. The van der Waals surface area contributed by atoms with Crippen LogP contribution in [0.25, 0.3) is 0 Å². The fourth-order valence-corrected chi connectivity index (χ4v) is 3.07. The van der Waals surface area contributed by atoms with Gasteiger partial charge in [-0.3, -0.25) is 4.79 Å². The lowest BCUT2D eigenvalue weighted by Gasteiger charge is -2.28. The second-order valence-electron chi connectivity index (χ2n) is 8.83. The lowest BCUT2D eigenvalue weighted by Crippen LogP contribution is -2.28. The van der Waals surface area contributed by atoms with Crippen molar-refractivity contribution in [1.29, 1.82) is 0 Å². The van der Waals surface area contributed by atoms with Crippen molar-refractivity contribution in [2.24, 2.45) is 16.7 Å². The number of hydrogen-bond acceptors (Lipinski definition) is 1. The number of carboxylic acids is 1. The minimum absolute atomic E-state index is 0.193. The molecule has 2 heteroatoms. The molecule has 0 aliphatic carbocycles. The molecule has 0 heterocycles. The van der Waals surface area contributed by atoms with Gasteiger partial charge in [0.1, 0.15) is 0 Å². The van der Waals surface area contributed by atoms with Crippen molar-refractivity contribution in [2.75, 3.05) is 0 Å². The molecule has 0 rings (SSSR count). The molecule has 0 aromatic rings. The van der Waals surface area contributed by atoms with Gasteiger partial charge in [-0.25, -0.2) is 0 Å². The second kappa shape index (κ2) is 11.9. The molecule has 24 heavy (non-hydrogen) atoms. The Morgan fingerprint density at radius 3 is 1.62 bits per heavy atom. The summed E-state index contributed by atoms with van der Waals surface area (Å²) in [5.41, 5.74) is -0.699. The molecule has 1 N–H and O–H groups in total. The van der Waals surface area contributed by atoms with E-state index < -0.39 is 31.1 Å². The molecule has 1 unspecified atom stereocenters. The summed E-state index contributed by atoms with van der Waals surface area (Å²) in [6.07, 6.45) is 13.5. The van der Waals surface area contributed by atoms with Crippen LogP contribution in [-0.2, 0) is 4.79 Å².